The Labute approximate surface area is 136 Å². The fourth-order valence-electron chi connectivity index (χ4n) is 5.35. The SMILES string of the molecule is N=CC(=CN)[C@@H]1Nc2ccc(N)c(C=N)c2[C@H]2[C@@H]3CC[C@H](C3)[C@H]21. The normalized spacial score (nSPS) is 34.4. The lowest BCUT2D eigenvalue weighted by molar-refractivity contribution is 0.264. The van der Waals surface area contributed by atoms with Crippen LogP contribution >= 0.6 is 0 Å². The average molecular weight is 309 g/mol. The first-order chi connectivity index (χ1) is 11.2. The van der Waals surface area contributed by atoms with Crippen molar-refractivity contribution in [2.45, 2.75) is 31.2 Å². The molecule has 7 N–H and O–H groups in total. The van der Waals surface area contributed by atoms with Gasteiger partial charge in [-0.25, -0.2) is 0 Å². The quantitative estimate of drug-likeness (QED) is 0.437. The van der Waals surface area contributed by atoms with E-state index in [4.69, 9.17) is 22.3 Å². The summed E-state index contributed by atoms with van der Waals surface area (Å²) in [5.41, 5.74) is 16.6. The molecule has 120 valence electrons. The fraction of sp³-hybridized carbons (Fsp3) is 0.444. The molecule has 5 heteroatoms. The van der Waals surface area contributed by atoms with Crippen LogP contribution in [0.2, 0.25) is 0 Å². The summed E-state index contributed by atoms with van der Waals surface area (Å²) in [5, 5.41) is 19.1. The molecular formula is C18H23N5. The highest BCUT2D eigenvalue weighted by molar-refractivity contribution is 5.91. The molecule has 0 unspecified atom stereocenters. The summed E-state index contributed by atoms with van der Waals surface area (Å²) in [7, 11) is 0. The third-order valence-electron chi connectivity index (χ3n) is 6.19. The van der Waals surface area contributed by atoms with Crippen molar-refractivity contribution in [2.24, 2.45) is 23.5 Å². The first kappa shape index (κ1) is 14.3. The van der Waals surface area contributed by atoms with Gasteiger partial charge in [-0.3, -0.25) is 0 Å². The molecule has 1 aromatic rings. The highest BCUT2D eigenvalue weighted by atomic mass is 15.0. The second-order valence-electron chi connectivity index (χ2n) is 7.04. The Morgan fingerprint density at radius 2 is 2.00 bits per heavy atom. The Balaban J connectivity index is 1.90. The van der Waals surface area contributed by atoms with Gasteiger partial charge in [-0.15, -0.1) is 0 Å². The van der Waals surface area contributed by atoms with E-state index in [1.807, 2.05) is 12.1 Å². The van der Waals surface area contributed by atoms with Crippen LogP contribution in [-0.4, -0.2) is 18.5 Å². The van der Waals surface area contributed by atoms with Crippen LogP contribution in [0.15, 0.2) is 23.9 Å². The number of anilines is 2. The van der Waals surface area contributed by atoms with E-state index in [1.165, 1.54) is 37.3 Å². The molecule has 2 bridgehead atoms. The number of hydrogen-bond acceptors (Lipinski definition) is 5. The number of benzene rings is 1. The van der Waals surface area contributed by atoms with E-state index in [-0.39, 0.29) is 6.04 Å². The Bertz CT molecular complexity index is 708. The molecule has 2 aliphatic carbocycles. The molecule has 23 heavy (non-hydrogen) atoms. The third kappa shape index (κ3) is 1.85. The summed E-state index contributed by atoms with van der Waals surface area (Å²) in [4.78, 5) is 0. The molecule has 1 heterocycles. The van der Waals surface area contributed by atoms with Crippen LogP contribution in [0.25, 0.3) is 0 Å². The van der Waals surface area contributed by atoms with Crippen molar-refractivity contribution in [1.82, 2.24) is 0 Å². The van der Waals surface area contributed by atoms with Gasteiger partial charge in [-0.05, 0) is 60.6 Å². The van der Waals surface area contributed by atoms with Crippen molar-refractivity contribution in [3.63, 3.8) is 0 Å². The minimum absolute atomic E-state index is 0.0903. The third-order valence-corrected chi connectivity index (χ3v) is 6.19. The topological polar surface area (TPSA) is 112 Å². The zero-order valence-corrected chi connectivity index (χ0v) is 13.0. The van der Waals surface area contributed by atoms with Crippen LogP contribution in [0.3, 0.4) is 0 Å². The molecule has 0 saturated heterocycles. The summed E-state index contributed by atoms with van der Waals surface area (Å²) in [6.07, 6.45) is 8.10. The molecule has 5 nitrogen and oxygen atoms in total. The summed E-state index contributed by atoms with van der Waals surface area (Å²) in [6, 6.07) is 3.98. The van der Waals surface area contributed by atoms with E-state index >= 15 is 0 Å². The van der Waals surface area contributed by atoms with Gasteiger partial charge in [-0.1, -0.05) is 0 Å². The van der Waals surface area contributed by atoms with Gasteiger partial charge in [0, 0.05) is 41.1 Å². The summed E-state index contributed by atoms with van der Waals surface area (Å²) in [6.45, 7) is 0. The monoisotopic (exact) mass is 309 g/mol. The van der Waals surface area contributed by atoms with E-state index in [9.17, 15) is 0 Å². The smallest absolute Gasteiger partial charge is 0.0579 e. The van der Waals surface area contributed by atoms with Crippen molar-refractivity contribution < 1.29 is 0 Å². The van der Waals surface area contributed by atoms with E-state index in [0.29, 0.717) is 29.4 Å². The van der Waals surface area contributed by atoms with Gasteiger partial charge in [0.15, 0.2) is 0 Å². The van der Waals surface area contributed by atoms with Crippen molar-refractivity contribution in [3.8, 4) is 0 Å². The number of rotatable bonds is 3. The van der Waals surface area contributed by atoms with Gasteiger partial charge in [0.25, 0.3) is 0 Å². The highest BCUT2D eigenvalue weighted by Gasteiger charge is 2.54. The fourth-order valence-corrected chi connectivity index (χ4v) is 5.35. The molecule has 2 saturated carbocycles. The maximum atomic E-state index is 7.82. The van der Waals surface area contributed by atoms with Crippen molar-refractivity contribution in [3.05, 3.63) is 35.0 Å². The Morgan fingerprint density at radius 1 is 1.22 bits per heavy atom. The molecule has 5 atom stereocenters. The maximum Gasteiger partial charge on any atom is 0.0579 e. The minimum Gasteiger partial charge on any atom is -0.404 e. The van der Waals surface area contributed by atoms with E-state index < -0.39 is 0 Å². The molecule has 1 aromatic carbocycles. The molecular weight excluding hydrogens is 286 g/mol. The first-order valence-electron chi connectivity index (χ1n) is 8.31. The summed E-state index contributed by atoms with van der Waals surface area (Å²) >= 11 is 0. The Kier molecular flexibility index (Phi) is 3.18. The van der Waals surface area contributed by atoms with E-state index in [2.05, 4.69) is 5.32 Å². The van der Waals surface area contributed by atoms with Gasteiger partial charge in [0.05, 0.1) is 6.04 Å². The lowest BCUT2D eigenvalue weighted by atomic mass is 9.67. The van der Waals surface area contributed by atoms with Crippen molar-refractivity contribution in [2.75, 3.05) is 11.1 Å². The van der Waals surface area contributed by atoms with Gasteiger partial charge < -0.3 is 27.6 Å². The van der Waals surface area contributed by atoms with Crippen LogP contribution in [-0.2, 0) is 0 Å². The molecule has 0 radical (unpaired) electrons. The Hall–Kier alpha value is -2.30. The zero-order valence-electron chi connectivity index (χ0n) is 13.0. The molecule has 0 aromatic heterocycles. The molecule has 0 spiro atoms. The van der Waals surface area contributed by atoms with Gasteiger partial charge in [0.2, 0.25) is 0 Å². The number of fused-ring (bicyclic) bond motifs is 7. The predicted octanol–water partition coefficient (Wildman–Crippen LogP) is 2.68. The zero-order chi connectivity index (χ0) is 16.1. The lowest BCUT2D eigenvalue weighted by Crippen LogP contribution is -2.43. The van der Waals surface area contributed by atoms with Crippen LogP contribution in [0.4, 0.5) is 11.4 Å². The van der Waals surface area contributed by atoms with Crippen LogP contribution < -0.4 is 16.8 Å². The van der Waals surface area contributed by atoms with Crippen LogP contribution in [0.1, 0.15) is 36.3 Å². The molecule has 1 aliphatic heterocycles. The van der Waals surface area contributed by atoms with Crippen molar-refractivity contribution >= 4 is 23.8 Å². The summed E-state index contributed by atoms with van der Waals surface area (Å²) < 4.78 is 0. The van der Waals surface area contributed by atoms with Gasteiger partial charge in [-0.2, -0.15) is 0 Å². The number of hydrogen-bond donors (Lipinski definition) is 5. The van der Waals surface area contributed by atoms with Crippen LogP contribution in [0.5, 0.6) is 0 Å². The van der Waals surface area contributed by atoms with Crippen LogP contribution in [0, 0.1) is 28.6 Å². The average Bonchev–Trinajstić information content (AvgIpc) is 3.18. The number of nitrogens with two attached hydrogens (primary N) is 2. The van der Waals surface area contributed by atoms with Gasteiger partial charge >= 0.3 is 0 Å². The molecule has 4 rings (SSSR count). The summed E-state index contributed by atoms with van der Waals surface area (Å²) in [5.74, 6) is 2.20. The second-order valence-corrected chi connectivity index (χ2v) is 7.04. The lowest BCUT2D eigenvalue weighted by Gasteiger charge is -2.44. The van der Waals surface area contributed by atoms with Crippen molar-refractivity contribution in [1.29, 1.82) is 10.8 Å². The number of nitrogens with one attached hydrogen (secondary N) is 3. The highest BCUT2D eigenvalue weighted by Crippen LogP contribution is 2.62. The standard InChI is InChI=1S/C18H23N5/c19-6-11(7-20)18-16-10-2-1-9(5-10)15(16)17-12(8-21)13(22)3-4-14(17)23-18/h3-4,6-10,15-16,18-19,21,23H,1-2,5,20,22H2/t9-,10-,15+,16-,18+/m1/s1. The predicted molar refractivity (Wildman–Crippen MR) is 94.3 cm³/mol. The number of nitrogen functional groups attached to an aromatic ring is 1. The van der Waals surface area contributed by atoms with E-state index in [1.54, 1.807) is 6.20 Å². The Morgan fingerprint density at radius 3 is 2.70 bits per heavy atom. The minimum atomic E-state index is 0.0903. The second kappa shape index (κ2) is 5.11. The molecule has 3 aliphatic rings. The van der Waals surface area contributed by atoms with Gasteiger partial charge in [0.1, 0.15) is 0 Å². The molecule has 0 amide bonds. The first-order valence-corrected chi connectivity index (χ1v) is 8.31. The largest absolute Gasteiger partial charge is 0.404 e. The molecule has 2 fully saturated rings. The van der Waals surface area contributed by atoms with E-state index in [0.717, 1.165) is 16.8 Å². The maximum absolute atomic E-state index is 7.82.